The minimum absolute atomic E-state index is 0.147. The van der Waals surface area contributed by atoms with Gasteiger partial charge in [-0.15, -0.1) is 0 Å². The summed E-state index contributed by atoms with van der Waals surface area (Å²) in [5.74, 6) is 0.531. The van der Waals surface area contributed by atoms with Crippen LogP contribution in [-0.4, -0.2) is 17.8 Å². The number of rotatable bonds is 4. The lowest BCUT2D eigenvalue weighted by Gasteiger charge is -2.28. The minimum atomic E-state index is 0.147. The molecule has 3 heteroatoms. The molecule has 0 radical (unpaired) electrons. The van der Waals surface area contributed by atoms with Crippen LogP contribution in [0.4, 0.5) is 5.69 Å². The largest absolute Gasteiger partial charge is 0.394 e. The van der Waals surface area contributed by atoms with Gasteiger partial charge >= 0.3 is 0 Å². The van der Waals surface area contributed by atoms with Crippen molar-refractivity contribution in [2.75, 3.05) is 11.9 Å². The van der Waals surface area contributed by atoms with Gasteiger partial charge in [0.2, 0.25) is 0 Å². The molecule has 1 aromatic carbocycles. The number of anilines is 1. The zero-order valence-electron chi connectivity index (χ0n) is 9.77. The van der Waals surface area contributed by atoms with Crippen molar-refractivity contribution in [1.82, 2.24) is 0 Å². The monoisotopic (exact) mass is 295 g/mol. The maximum absolute atomic E-state index is 9.51. The van der Waals surface area contributed by atoms with Gasteiger partial charge in [-0.1, -0.05) is 34.1 Å². The summed E-state index contributed by atoms with van der Waals surface area (Å²) in [4.78, 5) is 0. The van der Waals surface area contributed by atoms with Crippen molar-refractivity contribution in [2.24, 2.45) is 5.92 Å². The lowest BCUT2D eigenvalue weighted by atomic mass is 9.88. The lowest BCUT2D eigenvalue weighted by molar-refractivity contribution is 0.230. The molecule has 2 N–H and O–H groups in total. The molecule has 0 aromatic heterocycles. The maximum atomic E-state index is 9.51. The fraction of sp³-hybridized carbons (Fsp3) is 0.429. The molecule has 92 valence electrons. The topological polar surface area (TPSA) is 32.3 Å². The maximum Gasteiger partial charge on any atom is 0.0635 e. The molecule has 0 amide bonds. The molecule has 0 saturated carbocycles. The molecule has 2 atom stereocenters. The Morgan fingerprint density at radius 2 is 2.29 bits per heavy atom. The van der Waals surface area contributed by atoms with Crippen LogP contribution < -0.4 is 5.32 Å². The van der Waals surface area contributed by atoms with Crippen molar-refractivity contribution in [3.05, 3.63) is 40.9 Å². The predicted molar refractivity (Wildman–Crippen MR) is 75.1 cm³/mol. The van der Waals surface area contributed by atoms with Crippen LogP contribution >= 0.6 is 15.9 Å². The molecule has 0 saturated heterocycles. The molecule has 17 heavy (non-hydrogen) atoms. The number of aliphatic hydroxyl groups excluding tert-OH is 1. The molecule has 0 bridgehead atoms. The summed E-state index contributed by atoms with van der Waals surface area (Å²) in [7, 11) is 0. The summed E-state index contributed by atoms with van der Waals surface area (Å²) in [5.41, 5.74) is 1.06. The summed E-state index contributed by atoms with van der Waals surface area (Å²) >= 11 is 3.46. The number of halogens is 1. The van der Waals surface area contributed by atoms with Crippen LogP contribution in [0.15, 0.2) is 40.9 Å². The smallest absolute Gasteiger partial charge is 0.0635 e. The van der Waals surface area contributed by atoms with Gasteiger partial charge in [0.05, 0.1) is 12.6 Å². The van der Waals surface area contributed by atoms with E-state index in [1.165, 1.54) is 0 Å². The molecule has 1 aliphatic rings. The Balaban J connectivity index is 2.01. The Morgan fingerprint density at radius 1 is 1.41 bits per heavy atom. The van der Waals surface area contributed by atoms with Crippen molar-refractivity contribution >= 4 is 21.6 Å². The first-order valence-electron chi connectivity index (χ1n) is 6.07. The van der Waals surface area contributed by atoms with Crippen LogP contribution in [0.3, 0.4) is 0 Å². The van der Waals surface area contributed by atoms with Crippen LogP contribution in [0.5, 0.6) is 0 Å². The average Bonchev–Trinajstić information content (AvgIpc) is 2.37. The fourth-order valence-corrected chi connectivity index (χ4v) is 2.69. The van der Waals surface area contributed by atoms with Crippen molar-refractivity contribution in [2.45, 2.75) is 25.3 Å². The van der Waals surface area contributed by atoms with Gasteiger partial charge in [-0.25, -0.2) is 0 Å². The third kappa shape index (κ3) is 3.58. The van der Waals surface area contributed by atoms with Gasteiger partial charge in [0.25, 0.3) is 0 Å². The molecular formula is C14H18BrNO. The van der Waals surface area contributed by atoms with E-state index in [0.29, 0.717) is 5.92 Å². The molecule has 1 aliphatic carbocycles. The third-order valence-corrected chi connectivity index (χ3v) is 3.75. The fourth-order valence-electron chi connectivity index (χ4n) is 2.29. The number of benzene rings is 1. The van der Waals surface area contributed by atoms with Gasteiger partial charge in [0.15, 0.2) is 0 Å². The first-order valence-corrected chi connectivity index (χ1v) is 6.87. The zero-order valence-corrected chi connectivity index (χ0v) is 11.4. The van der Waals surface area contributed by atoms with Gasteiger partial charge in [-0.2, -0.15) is 0 Å². The SMILES string of the molecule is OCC(Nc1cccc(Br)c1)C1CC=CCC1. The van der Waals surface area contributed by atoms with Crippen LogP contribution in [0.1, 0.15) is 19.3 Å². The van der Waals surface area contributed by atoms with E-state index in [1.54, 1.807) is 0 Å². The number of hydrogen-bond acceptors (Lipinski definition) is 2. The Labute approximate surface area is 111 Å². The number of nitrogens with one attached hydrogen (secondary N) is 1. The van der Waals surface area contributed by atoms with Crippen molar-refractivity contribution in [1.29, 1.82) is 0 Å². The number of allylic oxidation sites excluding steroid dienone is 2. The Hall–Kier alpha value is -0.800. The van der Waals surface area contributed by atoms with Crippen LogP contribution in [0.25, 0.3) is 0 Å². The summed E-state index contributed by atoms with van der Waals surface area (Å²) in [5, 5.41) is 12.9. The first-order chi connectivity index (χ1) is 8.29. The molecule has 2 rings (SSSR count). The Bertz CT molecular complexity index is 392. The highest BCUT2D eigenvalue weighted by molar-refractivity contribution is 9.10. The lowest BCUT2D eigenvalue weighted by Crippen LogP contribution is -2.33. The van der Waals surface area contributed by atoms with E-state index in [2.05, 4.69) is 33.4 Å². The van der Waals surface area contributed by atoms with Gasteiger partial charge in [0.1, 0.15) is 0 Å². The zero-order chi connectivity index (χ0) is 12.1. The second-order valence-corrected chi connectivity index (χ2v) is 5.40. The summed E-state index contributed by atoms with van der Waals surface area (Å²) < 4.78 is 1.06. The molecular weight excluding hydrogens is 278 g/mol. The normalized spacial score (nSPS) is 21.2. The molecule has 0 fully saturated rings. The standard InChI is InChI=1S/C14H18BrNO/c15-12-7-4-8-13(9-12)16-14(10-17)11-5-2-1-3-6-11/h1-2,4,7-9,11,14,16-17H,3,5-6,10H2. The predicted octanol–water partition coefficient (Wildman–Crippen LogP) is 3.58. The number of hydrogen-bond donors (Lipinski definition) is 2. The van der Waals surface area contributed by atoms with E-state index < -0.39 is 0 Å². The Morgan fingerprint density at radius 3 is 2.94 bits per heavy atom. The van der Waals surface area contributed by atoms with Crippen LogP contribution in [0.2, 0.25) is 0 Å². The molecule has 2 nitrogen and oxygen atoms in total. The first kappa shape index (κ1) is 12.7. The third-order valence-electron chi connectivity index (χ3n) is 3.25. The van der Waals surface area contributed by atoms with Crippen molar-refractivity contribution in [3.8, 4) is 0 Å². The van der Waals surface area contributed by atoms with Gasteiger partial charge < -0.3 is 10.4 Å². The highest BCUT2D eigenvalue weighted by Crippen LogP contribution is 2.25. The van der Waals surface area contributed by atoms with E-state index in [1.807, 2.05) is 24.3 Å². The molecule has 0 aliphatic heterocycles. The van der Waals surface area contributed by atoms with Crippen molar-refractivity contribution in [3.63, 3.8) is 0 Å². The van der Waals surface area contributed by atoms with E-state index in [4.69, 9.17) is 0 Å². The van der Waals surface area contributed by atoms with Gasteiger partial charge in [0, 0.05) is 10.2 Å². The highest BCUT2D eigenvalue weighted by atomic mass is 79.9. The van der Waals surface area contributed by atoms with Gasteiger partial charge in [-0.05, 0) is 43.4 Å². The second kappa shape index (κ2) is 6.22. The molecule has 2 unspecified atom stereocenters. The average molecular weight is 296 g/mol. The molecule has 1 aromatic rings. The summed E-state index contributed by atoms with van der Waals surface area (Å²) in [6.07, 6.45) is 7.79. The van der Waals surface area contributed by atoms with Gasteiger partial charge in [-0.3, -0.25) is 0 Å². The van der Waals surface area contributed by atoms with Crippen LogP contribution in [-0.2, 0) is 0 Å². The summed E-state index contributed by atoms with van der Waals surface area (Å²) in [6.45, 7) is 0.186. The molecule has 0 heterocycles. The molecule has 0 spiro atoms. The summed E-state index contributed by atoms with van der Waals surface area (Å²) in [6, 6.07) is 8.23. The minimum Gasteiger partial charge on any atom is -0.394 e. The van der Waals surface area contributed by atoms with E-state index >= 15 is 0 Å². The van der Waals surface area contributed by atoms with Crippen molar-refractivity contribution < 1.29 is 5.11 Å². The second-order valence-electron chi connectivity index (χ2n) is 4.49. The van der Waals surface area contributed by atoms with E-state index in [9.17, 15) is 5.11 Å². The number of aliphatic hydroxyl groups is 1. The van der Waals surface area contributed by atoms with E-state index in [0.717, 1.165) is 29.4 Å². The van der Waals surface area contributed by atoms with E-state index in [-0.39, 0.29) is 12.6 Å². The highest BCUT2D eigenvalue weighted by Gasteiger charge is 2.20. The van der Waals surface area contributed by atoms with Crippen LogP contribution in [0, 0.1) is 5.92 Å². The Kier molecular flexibility index (Phi) is 4.63. The quantitative estimate of drug-likeness (QED) is 0.832.